The molecule has 0 aliphatic heterocycles. The zero-order valence-electron chi connectivity index (χ0n) is 12.6. The summed E-state index contributed by atoms with van der Waals surface area (Å²) in [7, 11) is 1.19. The van der Waals surface area contributed by atoms with Gasteiger partial charge >= 0.3 is 0 Å². The van der Waals surface area contributed by atoms with Gasteiger partial charge in [0.2, 0.25) is 0 Å². The third-order valence-electron chi connectivity index (χ3n) is 3.31. The minimum absolute atomic E-state index is 0.0808. The minimum Gasteiger partial charge on any atom is -0.232 e. The number of rotatable bonds is 2. The molecular formula is C18H19N2P. The molecule has 3 rings (SSSR count). The molecule has 0 saturated heterocycles. The van der Waals surface area contributed by atoms with Crippen molar-refractivity contribution in [3.8, 4) is 16.7 Å². The first-order valence-corrected chi connectivity index (χ1v) is 8.03. The Morgan fingerprint density at radius 3 is 2.00 bits per heavy atom. The van der Waals surface area contributed by atoms with Crippen LogP contribution in [0, 0.1) is 0 Å². The van der Waals surface area contributed by atoms with Crippen LogP contribution in [-0.4, -0.2) is 9.78 Å². The van der Waals surface area contributed by atoms with Crippen LogP contribution < -0.4 is 0 Å². The van der Waals surface area contributed by atoms with Gasteiger partial charge in [0.1, 0.15) is 5.43 Å². The second-order valence-electron chi connectivity index (χ2n) is 6.12. The molecule has 0 saturated carbocycles. The zero-order chi connectivity index (χ0) is 14.9. The quantitative estimate of drug-likeness (QED) is 0.617. The lowest BCUT2D eigenvalue weighted by molar-refractivity contribution is 0.555. The molecular weight excluding hydrogens is 275 g/mol. The fourth-order valence-corrected chi connectivity index (χ4v) is 3.46. The second kappa shape index (κ2) is 5.46. The monoisotopic (exact) mass is 294 g/mol. The van der Waals surface area contributed by atoms with Crippen LogP contribution in [0.1, 0.15) is 26.2 Å². The molecule has 1 heterocycles. The van der Waals surface area contributed by atoms with E-state index < -0.39 is 0 Å². The predicted octanol–water partition coefficient (Wildman–Crippen LogP) is 5.42. The highest BCUT2D eigenvalue weighted by Crippen LogP contribution is 2.38. The largest absolute Gasteiger partial charge is 0.232 e. The van der Waals surface area contributed by atoms with Crippen molar-refractivity contribution in [1.82, 2.24) is 9.78 Å². The number of para-hydroxylation sites is 1. The van der Waals surface area contributed by atoms with E-state index >= 15 is 0 Å². The normalized spacial score (nSPS) is 12.0. The van der Waals surface area contributed by atoms with E-state index in [1.165, 1.54) is 19.2 Å². The fourth-order valence-electron chi connectivity index (χ4n) is 2.26. The average Bonchev–Trinajstić information content (AvgIpc) is 2.94. The average molecular weight is 294 g/mol. The van der Waals surface area contributed by atoms with Crippen molar-refractivity contribution < 1.29 is 0 Å². The molecule has 2 nitrogen and oxygen atoms in total. The van der Waals surface area contributed by atoms with Gasteiger partial charge in [0.15, 0.2) is 0 Å². The Balaban J connectivity index is 2.17. The molecule has 0 fully saturated rings. The Hall–Kier alpha value is -1.92. The van der Waals surface area contributed by atoms with Crippen LogP contribution in [0.4, 0.5) is 0 Å². The Morgan fingerprint density at radius 2 is 1.43 bits per heavy atom. The highest BCUT2D eigenvalue weighted by Gasteiger charge is 2.23. The minimum atomic E-state index is 0.0808. The lowest BCUT2D eigenvalue weighted by Gasteiger charge is -2.19. The molecule has 0 aliphatic rings. The zero-order valence-corrected chi connectivity index (χ0v) is 13.5. The van der Waals surface area contributed by atoms with Gasteiger partial charge in [-0.15, -0.1) is 0 Å². The SMILES string of the molecule is CC(C)(C)c1pc(-c2ccccc2)nn1-c1ccccc1. The van der Waals surface area contributed by atoms with Crippen LogP contribution in [0.3, 0.4) is 0 Å². The van der Waals surface area contributed by atoms with Gasteiger partial charge in [-0.2, -0.15) is 5.10 Å². The topological polar surface area (TPSA) is 17.8 Å². The molecule has 2 aromatic carbocycles. The van der Waals surface area contributed by atoms with Crippen LogP contribution in [0.15, 0.2) is 60.7 Å². The number of aromatic nitrogens is 2. The molecule has 0 aliphatic carbocycles. The van der Waals surface area contributed by atoms with Gasteiger partial charge in [0.05, 0.1) is 11.1 Å². The molecule has 0 amide bonds. The fraction of sp³-hybridized carbons (Fsp3) is 0.222. The van der Waals surface area contributed by atoms with Crippen molar-refractivity contribution >= 4 is 8.19 Å². The van der Waals surface area contributed by atoms with Gasteiger partial charge in [0.25, 0.3) is 0 Å². The van der Waals surface area contributed by atoms with Gasteiger partial charge < -0.3 is 0 Å². The molecule has 0 radical (unpaired) electrons. The summed E-state index contributed by atoms with van der Waals surface area (Å²) in [6.45, 7) is 6.73. The molecule has 0 N–H and O–H groups in total. The van der Waals surface area contributed by atoms with Crippen LogP contribution in [-0.2, 0) is 5.41 Å². The van der Waals surface area contributed by atoms with Crippen molar-refractivity contribution in [1.29, 1.82) is 0 Å². The number of benzene rings is 2. The van der Waals surface area contributed by atoms with Crippen molar-refractivity contribution in [2.45, 2.75) is 26.2 Å². The first-order chi connectivity index (χ1) is 10.1. The maximum absolute atomic E-state index is 4.88. The van der Waals surface area contributed by atoms with E-state index in [2.05, 4.69) is 74.0 Å². The predicted molar refractivity (Wildman–Crippen MR) is 90.2 cm³/mol. The number of nitrogens with zero attached hydrogens (tertiary/aromatic N) is 2. The molecule has 106 valence electrons. The lowest BCUT2D eigenvalue weighted by Crippen LogP contribution is -2.16. The van der Waals surface area contributed by atoms with Crippen molar-refractivity contribution in [3.05, 3.63) is 66.1 Å². The first kappa shape index (κ1) is 14.0. The first-order valence-electron chi connectivity index (χ1n) is 7.14. The highest BCUT2D eigenvalue weighted by atomic mass is 31.0. The third kappa shape index (κ3) is 2.91. The van der Waals surface area contributed by atoms with Crippen LogP contribution in [0.2, 0.25) is 0 Å². The van der Waals surface area contributed by atoms with E-state index in [-0.39, 0.29) is 5.41 Å². The molecule has 0 atom stereocenters. The van der Waals surface area contributed by atoms with Crippen LogP contribution >= 0.6 is 8.19 Å². The van der Waals surface area contributed by atoms with Gasteiger partial charge in [-0.05, 0) is 20.3 Å². The van der Waals surface area contributed by atoms with Crippen molar-refractivity contribution in [3.63, 3.8) is 0 Å². The summed E-state index contributed by atoms with van der Waals surface area (Å²) < 4.78 is 2.10. The summed E-state index contributed by atoms with van der Waals surface area (Å²) >= 11 is 0. The highest BCUT2D eigenvalue weighted by molar-refractivity contribution is 7.34. The number of hydrogen-bond acceptors (Lipinski definition) is 1. The Morgan fingerprint density at radius 1 is 0.857 bits per heavy atom. The summed E-state index contributed by atoms with van der Waals surface area (Å²) in [6, 6.07) is 20.8. The Labute approximate surface area is 127 Å². The summed E-state index contributed by atoms with van der Waals surface area (Å²) in [5.41, 5.74) is 4.83. The van der Waals surface area contributed by atoms with E-state index in [9.17, 15) is 0 Å². The smallest absolute Gasteiger partial charge is 0.120 e. The third-order valence-corrected chi connectivity index (χ3v) is 4.94. The van der Waals surface area contributed by atoms with E-state index in [0.29, 0.717) is 0 Å². The van der Waals surface area contributed by atoms with E-state index in [0.717, 1.165) is 11.1 Å². The van der Waals surface area contributed by atoms with Crippen molar-refractivity contribution in [2.24, 2.45) is 0 Å². The molecule has 3 heteroatoms. The van der Waals surface area contributed by atoms with Gasteiger partial charge in [-0.25, -0.2) is 4.68 Å². The molecule has 0 bridgehead atoms. The molecule has 0 unspecified atom stereocenters. The Bertz CT molecular complexity index is 725. The van der Waals surface area contributed by atoms with E-state index in [4.69, 9.17) is 5.10 Å². The molecule has 1 aromatic heterocycles. The molecule has 0 spiro atoms. The molecule has 21 heavy (non-hydrogen) atoms. The van der Waals surface area contributed by atoms with E-state index in [1.807, 2.05) is 12.1 Å². The van der Waals surface area contributed by atoms with Gasteiger partial charge in [-0.3, -0.25) is 0 Å². The second-order valence-corrected chi connectivity index (χ2v) is 7.19. The van der Waals surface area contributed by atoms with Crippen LogP contribution in [0.25, 0.3) is 16.7 Å². The van der Waals surface area contributed by atoms with Crippen LogP contribution in [0.5, 0.6) is 0 Å². The standard InChI is InChI=1S/C18H19N2P/c1-18(2,3)17-20(15-12-8-5-9-13-15)19-16(21-17)14-10-6-4-7-11-14/h4-13H,1-3H3. The van der Waals surface area contributed by atoms with Crippen molar-refractivity contribution in [2.75, 3.05) is 0 Å². The summed E-state index contributed by atoms with van der Waals surface area (Å²) in [4.78, 5) is 0. The summed E-state index contributed by atoms with van der Waals surface area (Å²) in [5, 5.41) is 4.88. The Kier molecular flexibility index (Phi) is 3.65. The molecule has 3 aromatic rings. The summed E-state index contributed by atoms with van der Waals surface area (Å²) in [6.07, 6.45) is 0. The number of hydrogen-bond donors (Lipinski definition) is 0. The maximum atomic E-state index is 4.88. The van der Waals surface area contributed by atoms with E-state index in [1.54, 1.807) is 0 Å². The maximum Gasteiger partial charge on any atom is 0.120 e. The lowest BCUT2D eigenvalue weighted by atomic mass is 9.98. The summed E-state index contributed by atoms with van der Waals surface area (Å²) in [5.74, 6) is 0. The van der Waals surface area contributed by atoms with Gasteiger partial charge in [0, 0.05) is 11.0 Å². The van der Waals surface area contributed by atoms with Gasteiger partial charge in [-0.1, -0.05) is 69.3 Å².